The smallest absolute Gasteiger partial charge is 0.323 e. The maximum Gasteiger partial charge on any atom is 0.323 e. The summed E-state index contributed by atoms with van der Waals surface area (Å²) in [5.41, 5.74) is 0. The zero-order valence-electron chi connectivity index (χ0n) is 11.1. The minimum absolute atomic E-state index is 0.0292. The molecule has 3 unspecified atom stereocenters. The number of carbonyl (C=O) groups is 1. The molecule has 2 saturated carbocycles. The number of ether oxygens (including phenoxy) is 1. The lowest BCUT2D eigenvalue weighted by molar-refractivity contribution is -0.147. The second-order valence-corrected chi connectivity index (χ2v) is 5.70. The number of carbonyl (C=O) groups excluding carboxylic acids is 1. The largest absolute Gasteiger partial charge is 0.465 e. The number of rotatable bonds is 5. The van der Waals surface area contributed by atoms with Gasteiger partial charge in [0.1, 0.15) is 6.04 Å². The minimum Gasteiger partial charge on any atom is -0.465 e. The summed E-state index contributed by atoms with van der Waals surface area (Å²) < 4.78 is 5.22. The molecule has 2 aliphatic rings. The Hall–Kier alpha value is -0.570. The average Bonchev–Trinajstić information content (AvgIpc) is 3.10. The lowest BCUT2D eigenvalue weighted by atomic mass is 9.78. The third-order valence-corrected chi connectivity index (χ3v) is 3.98. The van der Waals surface area contributed by atoms with Gasteiger partial charge in [0.05, 0.1) is 6.61 Å². The van der Waals surface area contributed by atoms with Crippen LogP contribution in [0.5, 0.6) is 0 Å². The normalized spacial score (nSPS) is 30.9. The summed E-state index contributed by atoms with van der Waals surface area (Å²) in [7, 11) is 0. The topological polar surface area (TPSA) is 38.3 Å². The highest BCUT2D eigenvalue weighted by Gasteiger charge is 2.36. The summed E-state index contributed by atoms with van der Waals surface area (Å²) in [6.45, 7) is 4.67. The predicted octanol–water partition coefficient (Wildman–Crippen LogP) is 2.50. The monoisotopic (exact) mass is 239 g/mol. The van der Waals surface area contributed by atoms with Crippen LogP contribution in [-0.4, -0.2) is 24.7 Å². The van der Waals surface area contributed by atoms with Gasteiger partial charge >= 0.3 is 5.97 Å². The van der Waals surface area contributed by atoms with Gasteiger partial charge in [0.2, 0.25) is 0 Å². The van der Waals surface area contributed by atoms with Gasteiger partial charge in [0.15, 0.2) is 0 Å². The van der Waals surface area contributed by atoms with Crippen LogP contribution in [0.3, 0.4) is 0 Å². The minimum atomic E-state index is -0.0507. The van der Waals surface area contributed by atoms with Crippen molar-refractivity contribution >= 4 is 5.97 Å². The second-order valence-electron chi connectivity index (χ2n) is 5.70. The Kier molecular flexibility index (Phi) is 4.43. The summed E-state index contributed by atoms with van der Waals surface area (Å²) in [6.07, 6.45) is 7.36. The summed E-state index contributed by atoms with van der Waals surface area (Å²) in [6, 6.07) is 0.520. The quantitative estimate of drug-likeness (QED) is 0.749. The van der Waals surface area contributed by atoms with E-state index in [0.717, 1.165) is 5.92 Å². The van der Waals surface area contributed by atoms with E-state index >= 15 is 0 Å². The molecule has 0 radical (unpaired) electrons. The fourth-order valence-electron chi connectivity index (χ4n) is 2.92. The molecule has 0 saturated heterocycles. The molecule has 1 N–H and O–H groups in total. The van der Waals surface area contributed by atoms with Crippen LogP contribution >= 0.6 is 0 Å². The molecular weight excluding hydrogens is 214 g/mol. The van der Waals surface area contributed by atoms with Crippen LogP contribution in [0.25, 0.3) is 0 Å². The zero-order valence-corrected chi connectivity index (χ0v) is 11.1. The highest BCUT2D eigenvalue weighted by atomic mass is 16.5. The SMILES string of the molecule is CCOC(=O)C(NC1CC1)C1CCCC(C)C1. The summed E-state index contributed by atoms with van der Waals surface area (Å²) in [5.74, 6) is 1.21. The van der Waals surface area contributed by atoms with Crippen molar-refractivity contribution < 1.29 is 9.53 Å². The van der Waals surface area contributed by atoms with Crippen molar-refractivity contribution in [1.82, 2.24) is 5.32 Å². The molecule has 0 aromatic rings. The molecule has 2 aliphatic carbocycles. The van der Waals surface area contributed by atoms with E-state index in [9.17, 15) is 4.79 Å². The summed E-state index contributed by atoms with van der Waals surface area (Å²) in [4.78, 5) is 12.0. The second kappa shape index (κ2) is 5.85. The highest BCUT2D eigenvalue weighted by Crippen LogP contribution is 2.32. The zero-order chi connectivity index (χ0) is 12.3. The van der Waals surface area contributed by atoms with Gasteiger partial charge in [-0.05, 0) is 44.4 Å². The Balaban J connectivity index is 1.94. The van der Waals surface area contributed by atoms with Gasteiger partial charge in [0, 0.05) is 6.04 Å². The highest BCUT2D eigenvalue weighted by molar-refractivity contribution is 5.76. The van der Waals surface area contributed by atoms with Crippen molar-refractivity contribution in [3.8, 4) is 0 Å². The Bertz CT molecular complexity index is 263. The van der Waals surface area contributed by atoms with Crippen LogP contribution in [0, 0.1) is 11.8 Å². The molecule has 17 heavy (non-hydrogen) atoms. The van der Waals surface area contributed by atoms with Crippen molar-refractivity contribution in [1.29, 1.82) is 0 Å². The van der Waals surface area contributed by atoms with E-state index in [-0.39, 0.29) is 12.0 Å². The first-order valence-corrected chi connectivity index (χ1v) is 7.13. The molecular formula is C14H25NO2. The van der Waals surface area contributed by atoms with Gasteiger partial charge in [-0.3, -0.25) is 4.79 Å². The van der Waals surface area contributed by atoms with Crippen molar-refractivity contribution in [3.05, 3.63) is 0 Å². The lowest BCUT2D eigenvalue weighted by Crippen LogP contribution is -2.46. The number of esters is 1. The van der Waals surface area contributed by atoms with E-state index in [4.69, 9.17) is 4.74 Å². The first-order valence-electron chi connectivity index (χ1n) is 7.13. The molecule has 98 valence electrons. The molecule has 3 nitrogen and oxygen atoms in total. The van der Waals surface area contributed by atoms with Crippen LogP contribution in [0.15, 0.2) is 0 Å². The first-order chi connectivity index (χ1) is 8.20. The number of nitrogens with one attached hydrogen (secondary N) is 1. The third kappa shape index (κ3) is 3.70. The first kappa shape index (κ1) is 12.9. The Morgan fingerprint density at radius 2 is 2.12 bits per heavy atom. The van der Waals surface area contributed by atoms with Crippen LogP contribution in [0.2, 0.25) is 0 Å². The third-order valence-electron chi connectivity index (χ3n) is 3.98. The van der Waals surface area contributed by atoms with Crippen molar-refractivity contribution in [2.75, 3.05) is 6.61 Å². The number of hydrogen-bond acceptors (Lipinski definition) is 3. The summed E-state index contributed by atoms with van der Waals surface area (Å²) >= 11 is 0. The molecule has 0 spiro atoms. The van der Waals surface area contributed by atoms with E-state index in [1.54, 1.807) is 0 Å². The van der Waals surface area contributed by atoms with Crippen LogP contribution in [0.4, 0.5) is 0 Å². The molecule has 0 heterocycles. The maximum atomic E-state index is 12.0. The standard InChI is InChI=1S/C14H25NO2/c1-3-17-14(16)13(15-12-7-8-12)11-6-4-5-10(2)9-11/h10-13,15H,3-9H2,1-2H3. The average molecular weight is 239 g/mol. The van der Waals surface area contributed by atoms with Gasteiger partial charge in [0.25, 0.3) is 0 Å². The molecule has 0 amide bonds. The summed E-state index contributed by atoms with van der Waals surface area (Å²) in [5, 5.41) is 3.49. The molecule has 0 aromatic carbocycles. The molecule has 2 fully saturated rings. The van der Waals surface area contributed by atoms with Crippen LogP contribution in [-0.2, 0) is 9.53 Å². The number of hydrogen-bond donors (Lipinski definition) is 1. The van der Waals surface area contributed by atoms with Crippen molar-refractivity contribution in [3.63, 3.8) is 0 Å². The maximum absolute atomic E-state index is 12.0. The van der Waals surface area contributed by atoms with E-state index in [1.165, 1.54) is 38.5 Å². The fraction of sp³-hybridized carbons (Fsp3) is 0.929. The molecule has 3 atom stereocenters. The van der Waals surface area contributed by atoms with E-state index in [1.807, 2.05) is 6.92 Å². The Labute approximate surface area is 104 Å². The Morgan fingerprint density at radius 1 is 1.35 bits per heavy atom. The van der Waals surface area contributed by atoms with Gasteiger partial charge in [-0.25, -0.2) is 0 Å². The van der Waals surface area contributed by atoms with E-state index < -0.39 is 0 Å². The molecule has 3 heteroatoms. The van der Waals surface area contributed by atoms with Crippen molar-refractivity contribution in [2.24, 2.45) is 11.8 Å². The van der Waals surface area contributed by atoms with Crippen LogP contribution in [0.1, 0.15) is 52.4 Å². The molecule has 2 rings (SSSR count). The van der Waals surface area contributed by atoms with Gasteiger partial charge in [-0.15, -0.1) is 0 Å². The van der Waals surface area contributed by atoms with Crippen LogP contribution < -0.4 is 5.32 Å². The molecule has 0 aromatic heterocycles. The molecule has 0 bridgehead atoms. The lowest BCUT2D eigenvalue weighted by Gasteiger charge is -2.32. The van der Waals surface area contributed by atoms with Gasteiger partial charge in [-0.2, -0.15) is 0 Å². The van der Waals surface area contributed by atoms with Crippen molar-refractivity contribution in [2.45, 2.75) is 64.5 Å². The predicted molar refractivity (Wildman–Crippen MR) is 67.7 cm³/mol. The molecule has 0 aliphatic heterocycles. The Morgan fingerprint density at radius 3 is 2.71 bits per heavy atom. The van der Waals surface area contributed by atoms with E-state index in [2.05, 4.69) is 12.2 Å². The fourth-order valence-corrected chi connectivity index (χ4v) is 2.92. The van der Waals surface area contributed by atoms with E-state index in [0.29, 0.717) is 18.6 Å². The van der Waals surface area contributed by atoms with Gasteiger partial charge in [-0.1, -0.05) is 19.8 Å². The van der Waals surface area contributed by atoms with Gasteiger partial charge < -0.3 is 10.1 Å².